The third kappa shape index (κ3) is 2.68. The van der Waals surface area contributed by atoms with Crippen molar-refractivity contribution in [3.63, 3.8) is 0 Å². The molecule has 1 aromatic rings. The lowest BCUT2D eigenvalue weighted by Crippen LogP contribution is -2.43. The predicted octanol–water partition coefficient (Wildman–Crippen LogP) is 0.418. The number of hydrogen-bond acceptors (Lipinski definition) is 4. The van der Waals surface area contributed by atoms with Gasteiger partial charge in [-0.15, -0.1) is 0 Å². The van der Waals surface area contributed by atoms with Gasteiger partial charge in [-0.2, -0.15) is 0 Å². The van der Waals surface area contributed by atoms with Crippen LogP contribution in [-0.2, 0) is 6.42 Å². The van der Waals surface area contributed by atoms with Crippen LogP contribution in [0.2, 0.25) is 0 Å². The summed E-state index contributed by atoms with van der Waals surface area (Å²) in [7, 11) is 0. The first-order chi connectivity index (χ1) is 11.5. The van der Waals surface area contributed by atoms with Gasteiger partial charge in [0.15, 0.2) is 0 Å². The largest absolute Gasteiger partial charge is 0.390 e. The topological polar surface area (TPSA) is 93.0 Å². The maximum atomic E-state index is 12.6. The Bertz CT molecular complexity index is 619. The van der Waals surface area contributed by atoms with Gasteiger partial charge in [0.1, 0.15) is 0 Å². The number of aliphatic hydroxyl groups is 3. The Kier molecular flexibility index (Phi) is 3.98. The number of urea groups is 1. The van der Waals surface area contributed by atoms with Crippen LogP contribution in [0, 0.1) is 11.8 Å². The Hall–Kier alpha value is -1.63. The highest BCUT2D eigenvalue weighted by atomic mass is 16.3. The number of nitrogens with zero attached hydrogens (tertiary/aromatic N) is 1. The van der Waals surface area contributed by atoms with Gasteiger partial charge in [0.2, 0.25) is 0 Å². The minimum absolute atomic E-state index is 0.172. The SMILES string of the molecule is O=C(NC1c2ccccc2CC1O)N1CC2CC(O)C(O)CC2C1. The van der Waals surface area contributed by atoms with Crippen molar-refractivity contribution in [3.05, 3.63) is 35.4 Å². The molecule has 1 heterocycles. The smallest absolute Gasteiger partial charge is 0.317 e. The van der Waals surface area contributed by atoms with Crippen LogP contribution in [0.1, 0.15) is 30.0 Å². The second-order valence-electron chi connectivity index (χ2n) is 7.43. The Morgan fingerprint density at radius 3 is 2.29 bits per heavy atom. The Morgan fingerprint density at radius 2 is 1.62 bits per heavy atom. The Balaban J connectivity index is 1.43. The van der Waals surface area contributed by atoms with E-state index in [9.17, 15) is 20.1 Å². The number of nitrogens with one attached hydrogen (secondary N) is 1. The van der Waals surface area contributed by atoms with E-state index in [0.717, 1.165) is 11.1 Å². The fourth-order valence-electron chi connectivity index (χ4n) is 4.55. The van der Waals surface area contributed by atoms with Gasteiger partial charge in [0, 0.05) is 19.5 Å². The number of hydrogen-bond donors (Lipinski definition) is 4. The number of carbonyl (C=O) groups is 1. The summed E-state index contributed by atoms with van der Waals surface area (Å²) in [4.78, 5) is 14.4. The summed E-state index contributed by atoms with van der Waals surface area (Å²) in [5.74, 6) is 0.491. The molecule has 1 saturated heterocycles. The maximum absolute atomic E-state index is 12.6. The van der Waals surface area contributed by atoms with Crippen molar-refractivity contribution >= 4 is 6.03 Å². The monoisotopic (exact) mass is 332 g/mol. The van der Waals surface area contributed by atoms with Crippen molar-refractivity contribution in [3.8, 4) is 0 Å². The molecule has 6 nitrogen and oxygen atoms in total. The molecule has 130 valence electrons. The van der Waals surface area contributed by atoms with Gasteiger partial charge >= 0.3 is 6.03 Å². The molecule has 0 spiro atoms. The molecule has 1 aromatic carbocycles. The first-order valence-corrected chi connectivity index (χ1v) is 8.70. The van der Waals surface area contributed by atoms with E-state index in [4.69, 9.17) is 0 Å². The minimum Gasteiger partial charge on any atom is -0.390 e. The van der Waals surface area contributed by atoms with Gasteiger partial charge in [-0.3, -0.25) is 0 Å². The van der Waals surface area contributed by atoms with Crippen LogP contribution in [0.25, 0.3) is 0 Å². The average molecular weight is 332 g/mol. The first-order valence-electron chi connectivity index (χ1n) is 8.70. The summed E-state index contributed by atoms with van der Waals surface area (Å²) < 4.78 is 0. The van der Waals surface area contributed by atoms with Gasteiger partial charge < -0.3 is 25.5 Å². The first kappa shape index (κ1) is 15.9. The zero-order valence-corrected chi connectivity index (χ0v) is 13.5. The van der Waals surface area contributed by atoms with E-state index in [1.54, 1.807) is 4.90 Å². The molecule has 2 aliphatic carbocycles. The second kappa shape index (κ2) is 6.02. The van der Waals surface area contributed by atoms with Crippen molar-refractivity contribution < 1.29 is 20.1 Å². The van der Waals surface area contributed by atoms with Crippen LogP contribution in [0.5, 0.6) is 0 Å². The number of fused-ring (bicyclic) bond motifs is 2. The van der Waals surface area contributed by atoms with Crippen LogP contribution in [0.3, 0.4) is 0 Å². The van der Waals surface area contributed by atoms with Gasteiger partial charge in [-0.05, 0) is 35.8 Å². The summed E-state index contributed by atoms with van der Waals surface area (Å²) >= 11 is 0. The van der Waals surface area contributed by atoms with Crippen molar-refractivity contribution in [2.75, 3.05) is 13.1 Å². The summed E-state index contributed by atoms with van der Waals surface area (Å²) in [5, 5.41) is 32.9. The van der Waals surface area contributed by atoms with E-state index < -0.39 is 18.3 Å². The van der Waals surface area contributed by atoms with Gasteiger partial charge in [-0.25, -0.2) is 4.79 Å². The van der Waals surface area contributed by atoms with Crippen molar-refractivity contribution in [2.24, 2.45) is 11.8 Å². The maximum Gasteiger partial charge on any atom is 0.317 e. The lowest BCUT2D eigenvalue weighted by Gasteiger charge is -2.31. The number of benzene rings is 1. The summed E-state index contributed by atoms with van der Waals surface area (Å²) in [5.41, 5.74) is 2.07. The molecular weight excluding hydrogens is 308 g/mol. The lowest BCUT2D eigenvalue weighted by atomic mass is 9.79. The van der Waals surface area contributed by atoms with Crippen LogP contribution >= 0.6 is 0 Å². The molecule has 0 bridgehead atoms. The molecule has 4 rings (SSSR count). The number of rotatable bonds is 1. The fourth-order valence-corrected chi connectivity index (χ4v) is 4.55. The van der Waals surface area contributed by atoms with Gasteiger partial charge in [0.05, 0.1) is 24.4 Å². The van der Waals surface area contributed by atoms with Crippen LogP contribution in [0.4, 0.5) is 4.79 Å². The van der Waals surface area contributed by atoms with Gasteiger partial charge in [0.25, 0.3) is 0 Å². The Labute approximate surface area is 141 Å². The summed E-state index contributed by atoms with van der Waals surface area (Å²) in [6, 6.07) is 7.26. The lowest BCUT2D eigenvalue weighted by molar-refractivity contribution is -0.0372. The highest BCUT2D eigenvalue weighted by molar-refractivity contribution is 5.75. The molecule has 6 atom stereocenters. The van der Waals surface area contributed by atoms with Crippen LogP contribution < -0.4 is 5.32 Å². The van der Waals surface area contributed by atoms with Gasteiger partial charge in [-0.1, -0.05) is 24.3 Å². The van der Waals surface area contributed by atoms with Crippen molar-refractivity contribution in [1.29, 1.82) is 0 Å². The predicted molar refractivity (Wildman–Crippen MR) is 87.2 cm³/mol. The molecule has 2 fully saturated rings. The number of carbonyl (C=O) groups excluding carboxylic acids is 1. The molecule has 2 amide bonds. The number of aliphatic hydroxyl groups excluding tert-OH is 3. The minimum atomic E-state index is -0.683. The highest BCUT2D eigenvalue weighted by Crippen LogP contribution is 2.37. The van der Waals surface area contributed by atoms with E-state index in [1.807, 2.05) is 24.3 Å². The standard InChI is InChI=1S/C18H24N2O4/c21-14-6-11-8-20(9-12(11)7-15(14)22)18(24)19-17-13-4-2-1-3-10(13)5-16(17)23/h1-4,11-12,14-17,21-23H,5-9H2,(H,19,24). The van der Waals surface area contributed by atoms with E-state index in [2.05, 4.69) is 5.32 Å². The molecular formula is C18H24N2O4. The number of amides is 2. The molecule has 0 radical (unpaired) electrons. The van der Waals surface area contributed by atoms with E-state index in [1.165, 1.54) is 0 Å². The fraction of sp³-hybridized carbons (Fsp3) is 0.611. The third-order valence-electron chi connectivity index (χ3n) is 5.88. The second-order valence-corrected chi connectivity index (χ2v) is 7.43. The van der Waals surface area contributed by atoms with Crippen molar-refractivity contribution in [2.45, 2.75) is 43.6 Å². The Morgan fingerprint density at radius 1 is 1.00 bits per heavy atom. The average Bonchev–Trinajstić information content (AvgIpc) is 3.09. The zero-order valence-electron chi connectivity index (χ0n) is 13.5. The molecule has 4 N–H and O–H groups in total. The molecule has 6 unspecified atom stereocenters. The quantitative estimate of drug-likeness (QED) is 0.600. The van der Waals surface area contributed by atoms with Crippen LogP contribution in [0.15, 0.2) is 24.3 Å². The summed E-state index contributed by atoms with van der Waals surface area (Å²) in [6.45, 7) is 1.20. The molecule has 6 heteroatoms. The zero-order chi connectivity index (χ0) is 16.8. The van der Waals surface area contributed by atoms with Crippen LogP contribution in [-0.4, -0.2) is 57.7 Å². The molecule has 3 aliphatic rings. The molecule has 0 aromatic heterocycles. The molecule has 1 aliphatic heterocycles. The van der Waals surface area contributed by atoms with E-state index >= 15 is 0 Å². The normalized spacial score (nSPS) is 37.9. The number of likely N-dealkylation sites (tertiary alicyclic amines) is 1. The molecule has 24 heavy (non-hydrogen) atoms. The third-order valence-corrected chi connectivity index (χ3v) is 5.88. The molecule has 1 saturated carbocycles. The summed E-state index contributed by atoms with van der Waals surface area (Å²) in [6.07, 6.45) is -0.310. The van der Waals surface area contributed by atoms with E-state index in [-0.39, 0.29) is 23.9 Å². The van der Waals surface area contributed by atoms with E-state index in [0.29, 0.717) is 32.4 Å². The van der Waals surface area contributed by atoms with Crippen molar-refractivity contribution in [1.82, 2.24) is 10.2 Å². The highest BCUT2D eigenvalue weighted by Gasteiger charge is 2.43.